The van der Waals surface area contributed by atoms with Crippen molar-refractivity contribution < 1.29 is 9.53 Å². The Kier molecular flexibility index (Phi) is 5.30. The minimum absolute atomic E-state index is 0.0148. The molecule has 142 valence electrons. The summed E-state index contributed by atoms with van der Waals surface area (Å²) in [4.78, 5) is 17.1. The van der Waals surface area contributed by atoms with E-state index in [1.54, 1.807) is 0 Å². The zero-order valence-electron chi connectivity index (χ0n) is 15.9. The van der Waals surface area contributed by atoms with E-state index in [4.69, 9.17) is 4.74 Å². The molecule has 5 nitrogen and oxygen atoms in total. The summed E-state index contributed by atoms with van der Waals surface area (Å²) in [5.41, 5.74) is 3.71. The van der Waals surface area contributed by atoms with Gasteiger partial charge in [0.2, 0.25) is 0 Å². The number of fused-ring (bicyclic) bond motifs is 1. The van der Waals surface area contributed by atoms with Gasteiger partial charge in [0.05, 0.1) is 6.61 Å². The Morgan fingerprint density at radius 3 is 2.67 bits per heavy atom. The molecule has 2 aliphatic heterocycles. The third-order valence-electron chi connectivity index (χ3n) is 5.54. The van der Waals surface area contributed by atoms with Crippen LogP contribution in [-0.4, -0.2) is 48.1 Å². The van der Waals surface area contributed by atoms with Gasteiger partial charge in [-0.25, -0.2) is 4.79 Å². The monoisotopic (exact) mass is 365 g/mol. The van der Waals surface area contributed by atoms with Crippen molar-refractivity contribution in [2.45, 2.75) is 32.4 Å². The predicted molar refractivity (Wildman–Crippen MR) is 107 cm³/mol. The van der Waals surface area contributed by atoms with Gasteiger partial charge in [0, 0.05) is 37.9 Å². The van der Waals surface area contributed by atoms with Crippen molar-refractivity contribution in [3.8, 4) is 5.75 Å². The average molecular weight is 365 g/mol. The maximum atomic E-state index is 12.6. The summed E-state index contributed by atoms with van der Waals surface area (Å²) in [6.45, 7) is 6.28. The fraction of sp³-hybridized carbons (Fsp3) is 0.409. The first kappa shape index (κ1) is 17.9. The lowest BCUT2D eigenvalue weighted by Crippen LogP contribution is -2.42. The number of anilines is 1. The number of carbonyl (C=O) groups is 1. The average Bonchev–Trinajstić information content (AvgIpc) is 3.20. The van der Waals surface area contributed by atoms with Crippen LogP contribution in [0, 0.1) is 0 Å². The molecule has 0 aromatic heterocycles. The van der Waals surface area contributed by atoms with Crippen LogP contribution in [0.2, 0.25) is 0 Å². The number of amides is 2. The first-order valence-electron chi connectivity index (χ1n) is 9.82. The van der Waals surface area contributed by atoms with Gasteiger partial charge in [0.15, 0.2) is 0 Å². The Morgan fingerprint density at radius 1 is 1.11 bits per heavy atom. The highest BCUT2D eigenvalue weighted by Crippen LogP contribution is 2.25. The van der Waals surface area contributed by atoms with Gasteiger partial charge in [-0.2, -0.15) is 0 Å². The number of rotatable bonds is 4. The van der Waals surface area contributed by atoms with Crippen LogP contribution in [0.25, 0.3) is 0 Å². The molecule has 0 aliphatic carbocycles. The van der Waals surface area contributed by atoms with Crippen molar-refractivity contribution >= 4 is 11.7 Å². The van der Waals surface area contributed by atoms with Crippen LogP contribution < -0.4 is 10.1 Å². The van der Waals surface area contributed by atoms with Crippen LogP contribution in [-0.2, 0) is 13.0 Å². The second-order valence-electron chi connectivity index (χ2n) is 7.27. The third kappa shape index (κ3) is 4.08. The topological polar surface area (TPSA) is 44.8 Å². The van der Waals surface area contributed by atoms with Gasteiger partial charge in [-0.05, 0) is 55.2 Å². The summed E-state index contributed by atoms with van der Waals surface area (Å²) < 4.78 is 5.44. The van der Waals surface area contributed by atoms with E-state index < -0.39 is 0 Å². The van der Waals surface area contributed by atoms with E-state index in [9.17, 15) is 4.79 Å². The molecule has 1 N–H and O–H groups in total. The van der Waals surface area contributed by atoms with Crippen molar-refractivity contribution in [1.29, 1.82) is 0 Å². The standard InChI is InChI=1S/C22H27N3O2/c1-2-27-21-9-7-19(8-10-21)23-22(26)25-14-12-20(16-25)24-13-11-17-5-3-4-6-18(17)15-24/h3-10,20H,2,11-16H2,1H3,(H,23,26). The van der Waals surface area contributed by atoms with Crippen molar-refractivity contribution in [3.63, 3.8) is 0 Å². The molecule has 5 heteroatoms. The SMILES string of the molecule is CCOc1ccc(NC(=O)N2CCC(N3CCc4ccccc4C3)C2)cc1. The molecule has 1 atom stereocenters. The molecule has 1 fully saturated rings. The summed E-state index contributed by atoms with van der Waals surface area (Å²) in [5, 5.41) is 3.01. The quantitative estimate of drug-likeness (QED) is 0.897. The highest BCUT2D eigenvalue weighted by atomic mass is 16.5. The number of carbonyl (C=O) groups excluding carboxylic acids is 1. The zero-order valence-corrected chi connectivity index (χ0v) is 15.9. The molecule has 27 heavy (non-hydrogen) atoms. The van der Waals surface area contributed by atoms with E-state index in [0.29, 0.717) is 12.6 Å². The van der Waals surface area contributed by atoms with Gasteiger partial charge in [0.25, 0.3) is 0 Å². The summed E-state index contributed by atoms with van der Waals surface area (Å²) in [6, 6.07) is 16.7. The molecule has 0 bridgehead atoms. The maximum Gasteiger partial charge on any atom is 0.321 e. The second kappa shape index (κ2) is 8.01. The van der Waals surface area contributed by atoms with E-state index in [1.165, 1.54) is 11.1 Å². The fourth-order valence-electron chi connectivity index (χ4n) is 4.06. The lowest BCUT2D eigenvalue weighted by atomic mass is 9.98. The van der Waals surface area contributed by atoms with E-state index in [0.717, 1.165) is 50.5 Å². The molecule has 1 saturated heterocycles. The summed E-state index contributed by atoms with van der Waals surface area (Å²) >= 11 is 0. The molecule has 2 heterocycles. The highest BCUT2D eigenvalue weighted by molar-refractivity contribution is 5.89. The van der Waals surface area contributed by atoms with Gasteiger partial charge < -0.3 is 15.0 Å². The number of nitrogens with one attached hydrogen (secondary N) is 1. The Hall–Kier alpha value is -2.53. The number of hydrogen-bond donors (Lipinski definition) is 1. The number of likely N-dealkylation sites (tertiary alicyclic amines) is 1. The van der Waals surface area contributed by atoms with E-state index in [1.807, 2.05) is 36.1 Å². The Bertz CT molecular complexity index is 790. The lowest BCUT2D eigenvalue weighted by Gasteiger charge is -2.33. The molecular formula is C22H27N3O2. The van der Waals surface area contributed by atoms with Crippen molar-refractivity contribution in [2.24, 2.45) is 0 Å². The minimum atomic E-state index is -0.0148. The summed E-state index contributed by atoms with van der Waals surface area (Å²) in [6.07, 6.45) is 2.14. The molecular weight excluding hydrogens is 338 g/mol. The largest absolute Gasteiger partial charge is 0.494 e. The number of nitrogens with zero attached hydrogens (tertiary/aromatic N) is 2. The third-order valence-corrected chi connectivity index (χ3v) is 5.54. The van der Waals surface area contributed by atoms with Crippen LogP contribution >= 0.6 is 0 Å². The van der Waals surface area contributed by atoms with E-state index in [-0.39, 0.29) is 6.03 Å². The smallest absolute Gasteiger partial charge is 0.321 e. The first-order chi connectivity index (χ1) is 13.2. The van der Waals surface area contributed by atoms with Crippen molar-refractivity contribution in [2.75, 3.05) is 31.6 Å². The second-order valence-corrected chi connectivity index (χ2v) is 7.27. The highest BCUT2D eigenvalue weighted by Gasteiger charge is 2.32. The molecule has 2 aliphatic rings. The molecule has 0 radical (unpaired) electrons. The molecule has 2 aromatic rings. The van der Waals surface area contributed by atoms with Crippen LogP contribution in [0.15, 0.2) is 48.5 Å². The Labute approximate surface area is 160 Å². The van der Waals surface area contributed by atoms with E-state index in [2.05, 4.69) is 34.5 Å². The van der Waals surface area contributed by atoms with Gasteiger partial charge in [0.1, 0.15) is 5.75 Å². The van der Waals surface area contributed by atoms with Crippen LogP contribution in [0.5, 0.6) is 5.75 Å². The number of benzene rings is 2. The molecule has 0 saturated carbocycles. The van der Waals surface area contributed by atoms with Gasteiger partial charge >= 0.3 is 6.03 Å². The molecule has 4 rings (SSSR count). The summed E-state index contributed by atoms with van der Waals surface area (Å²) in [7, 11) is 0. The lowest BCUT2D eigenvalue weighted by molar-refractivity contribution is 0.177. The van der Waals surface area contributed by atoms with Crippen molar-refractivity contribution in [3.05, 3.63) is 59.7 Å². The number of urea groups is 1. The van der Waals surface area contributed by atoms with Gasteiger partial charge in [-0.15, -0.1) is 0 Å². The zero-order chi connectivity index (χ0) is 18.6. The van der Waals surface area contributed by atoms with Crippen LogP contribution in [0.4, 0.5) is 10.5 Å². The minimum Gasteiger partial charge on any atom is -0.494 e. The van der Waals surface area contributed by atoms with Crippen molar-refractivity contribution in [1.82, 2.24) is 9.80 Å². The summed E-state index contributed by atoms with van der Waals surface area (Å²) in [5.74, 6) is 0.821. The Morgan fingerprint density at radius 2 is 1.89 bits per heavy atom. The predicted octanol–water partition coefficient (Wildman–Crippen LogP) is 3.75. The molecule has 2 amide bonds. The first-order valence-corrected chi connectivity index (χ1v) is 9.82. The van der Waals surface area contributed by atoms with Crippen LogP contribution in [0.1, 0.15) is 24.5 Å². The normalized spacial score (nSPS) is 19.6. The Balaban J connectivity index is 1.32. The van der Waals surface area contributed by atoms with E-state index >= 15 is 0 Å². The molecule has 1 unspecified atom stereocenters. The van der Waals surface area contributed by atoms with Crippen LogP contribution in [0.3, 0.4) is 0 Å². The molecule has 0 spiro atoms. The fourth-order valence-corrected chi connectivity index (χ4v) is 4.06. The number of ether oxygens (including phenoxy) is 1. The maximum absolute atomic E-state index is 12.6. The molecule has 2 aromatic carbocycles. The van der Waals surface area contributed by atoms with Gasteiger partial charge in [-0.1, -0.05) is 24.3 Å². The number of hydrogen-bond acceptors (Lipinski definition) is 3. The van der Waals surface area contributed by atoms with Gasteiger partial charge in [-0.3, -0.25) is 4.90 Å².